The summed E-state index contributed by atoms with van der Waals surface area (Å²) in [6.07, 6.45) is 7.75. The number of thiophene rings is 1. The summed E-state index contributed by atoms with van der Waals surface area (Å²) in [7, 11) is 0. The highest BCUT2D eigenvalue weighted by atomic mass is 32.1. The van der Waals surface area contributed by atoms with E-state index in [9.17, 15) is 4.79 Å². The molecule has 5 aromatic rings. The van der Waals surface area contributed by atoms with E-state index in [-0.39, 0.29) is 11.8 Å². The quantitative estimate of drug-likeness (QED) is 0.374. The molecule has 1 aromatic carbocycles. The van der Waals surface area contributed by atoms with Crippen molar-refractivity contribution in [1.82, 2.24) is 30.0 Å². The van der Waals surface area contributed by atoms with Crippen LogP contribution in [-0.2, 0) is 17.6 Å². The Labute approximate surface area is 217 Å². The van der Waals surface area contributed by atoms with Crippen LogP contribution in [0.2, 0.25) is 0 Å². The number of carbonyl (C=O) groups excluding carboxylic acids is 1. The molecule has 37 heavy (non-hydrogen) atoms. The molecule has 0 spiro atoms. The number of hydrogen-bond donors (Lipinski definition) is 2. The van der Waals surface area contributed by atoms with Crippen LogP contribution in [0.4, 0.5) is 17.3 Å². The molecule has 9 nitrogen and oxygen atoms in total. The Hall–Kier alpha value is -4.05. The van der Waals surface area contributed by atoms with E-state index in [2.05, 4.69) is 41.4 Å². The number of pyridine rings is 1. The fourth-order valence-corrected chi connectivity index (χ4v) is 6.79. The summed E-state index contributed by atoms with van der Waals surface area (Å²) in [5.41, 5.74) is 3.25. The van der Waals surface area contributed by atoms with Crippen LogP contribution < -0.4 is 10.2 Å². The molecule has 1 aliphatic heterocycles. The topological polar surface area (TPSA) is 103 Å². The molecule has 1 atom stereocenters. The van der Waals surface area contributed by atoms with Gasteiger partial charge in [0.15, 0.2) is 0 Å². The summed E-state index contributed by atoms with van der Waals surface area (Å²) in [5, 5.41) is 12.7. The predicted molar refractivity (Wildman–Crippen MR) is 145 cm³/mol. The molecule has 0 saturated carbocycles. The van der Waals surface area contributed by atoms with Gasteiger partial charge in [0.05, 0.1) is 17.1 Å². The van der Waals surface area contributed by atoms with E-state index in [1.807, 2.05) is 47.6 Å². The molecule has 5 heterocycles. The van der Waals surface area contributed by atoms with E-state index in [1.165, 1.54) is 10.4 Å². The Bertz CT molecular complexity index is 1590. The van der Waals surface area contributed by atoms with Crippen molar-refractivity contribution in [2.75, 3.05) is 36.4 Å². The highest BCUT2D eigenvalue weighted by molar-refractivity contribution is 7.19. The van der Waals surface area contributed by atoms with E-state index in [4.69, 9.17) is 0 Å². The van der Waals surface area contributed by atoms with Gasteiger partial charge < -0.3 is 15.1 Å². The van der Waals surface area contributed by atoms with Gasteiger partial charge in [-0.3, -0.25) is 9.89 Å². The molecule has 7 rings (SSSR count). The van der Waals surface area contributed by atoms with Crippen molar-refractivity contribution in [3.05, 3.63) is 65.6 Å². The van der Waals surface area contributed by atoms with Gasteiger partial charge in [-0.15, -0.1) is 11.3 Å². The van der Waals surface area contributed by atoms with Crippen molar-refractivity contribution in [1.29, 1.82) is 0 Å². The van der Waals surface area contributed by atoms with Crippen molar-refractivity contribution in [3.8, 4) is 0 Å². The second-order valence-corrected chi connectivity index (χ2v) is 10.7. The van der Waals surface area contributed by atoms with Gasteiger partial charge in [0.25, 0.3) is 0 Å². The average molecular weight is 511 g/mol. The van der Waals surface area contributed by atoms with E-state index < -0.39 is 0 Å². The van der Waals surface area contributed by atoms with Gasteiger partial charge in [-0.05, 0) is 55.2 Å². The smallest absolute Gasteiger partial charge is 0.226 e. The zero-order valence-electron chi connectivity index (χ0n) is 20.2. The molecule has 0 radical (unpaired) electrons. The fraction of sp³-hybridized carbons (Fsp3) is 0.296. The van der Waals surface area contributed by atoms with Gasteiger partial charge in [-0.2, -0.15) is 5.10 Å². The van der Waals surface area contributed by atoms with E-state index in [0.717, 1.165) is 83.9 Å². The van der Waals surface area contributed by atoms with Crippen LogP contribution in [0, 0.1) is 5.92 Å². The van der Waals surface area contributed by atoms with Crippen LogP contribution in [0.15, 0.2) is 55.1 Å². The lowest BCUT2D eigenvalue weighted by Crippen LogP contribution is -2.51. The number of aromatic amines is 1. The zero-order valence-corrected chi connectivity index (χ0v) is 21.0. The van der Waals surface area contributed by atoms with Crippen molar-refractivity contribution >= 4 is 55.7 Å². The Morgan fingerprint density at radius 2 is 2.00 bits per heavy atom. The van der Waals surface area contributed by atoms with Gasteiger partial charge in [0, 0.05) is 54.2 Å². The normalized spacial score (nSPS) is 17.8. The molecule has 0 bridgehead atoms. The van der Waals surface area contributed by atoms with Gasteiger partial charge >= 0.3 is 0 Å². The lowest BCUT2D eigenvalue weighted by molar-refractivity contribution is -0.136. The minimum Gasteiger partial charge on any atom is -0.353 e. The Kier molecular flexibility index (Phi) is 5.46. The number of benzene rings is 1. The van der Waals surface area contributed by atoms with Crippen molar-refractivity contribution < 1.29 is 4.79 Å². The van der Waals surface area contributed by atoms with Crippen molar-refractivity contribution in [2.45, 2.75) is 19.3 Å². The second-order valence-electron chi connectivity index (χ2n) is 9.64. The highest BCUT2D eigenvalue weighted by Gasteiger charge is 2.33. The molecular formula is C27H26N8OS. The molecule has 186 valence electrons. The van der Waals surface area contributed by atoms with Gasteiger partial charge in [0.2, 0.25) is 5.91 Å². The number of nitrogens with zero attached hydrogens (tertiary/aromatic N) is 6. The third-order valence-corrected chi connectivity index (χ3v) is 8.62. The number of anilines is 3. The monoisotopic (exact) mass is 510 g/mol. The number of aromatic nitrogens is 5. The summed E-state index contributed by atoms with van der Waals surface area (Å²) in [5.74, 6) is 2.11. The van der Waals surface area contributed by atoms with Crippen molar-refractivity contribution in [3.63, 3.8) is 0 Å². The molecule has 2 N–H and O–H groups in total. The molecular weight excluding hydrogens is 484 g/mol. The molecule has 1 saturated heterocycles. The van der Waals surface area contributed by atoms with E-state index in [1.54, 1.807) is 17.7 Å². The molecule has 2 aliphatic rings. The lowest BCUT2D eigenvalue weighted by atomic mass is 9.86. The summed E-state index contributed by atoms with van der Waals surface area (Å²) in [6, 6.07) is 12.1. The Morgan fingerprint density at radius 1 is 1.08 bits per heavy atom. The largest absolute Gasteiger partial charge is 0.353 e. The maximum Gasteiger partial charge on any atom is 0.226 e. The Balaban J connectivity index is 1.08. The zero-order chi connectivity index (χ0) is 24.8. The van der Waals surface area contributed by atoms with Gasteiger partial charge in [-0.25, -0.2) is 15.0 Å². The highest BCUT2D eigenvalue weighted by Crippen LogP contribution is 2.41. The summed E-state index contributed by atoms with van der Waals surface area (Å²) >= 11 is 1.70. The molecule has 10 heteroatoms. The first-order chi connectivity index (χ1) is 18.2. The minimum absolute atomic E-state index is 0.0230. The number of amides is 1. The number of aryl methyl sites for hydroxylation is 1. The standard InChI is InChI=1S/C27H26N8OS/c36-27(35-11-9-34(10-12-35)23-3-1-2-8-28-23)17-4-6-20-22(14-17)37-26-24(20)25(29-16-30-26)32-19-5-7-21-18(13-19)15-31-33-21/h1-3,5,7-8,13,15-17H,4,6,9-12,14H2,(H,31,33)(H,29,30,32)/t17-/m0/s1. The van der Waals surface area contributed by atoms with E-state index >= 15 is 0 Å². The van der Waals surface area contributed by atoms with E-state index in [0.29, 0.717) is 0 Å². The number of H-pyrrole nitrogens is 1. The van der Waals surface area contributed by atoms with Crippen molar-refractivity contribution in [2.24, 2.45) is 5.92 Å². The molecule has 1 aliphatic carbocycles. The van der Waals surface area contributed by atoms with Gasteiger partial charge in [0.1, 0.15) is 22.8 Å². The average Bonchev–Trinajstić information content (AvgIpc) is 3.57. The summed E-state index contributed by atoms with van der Waals surface area (Å²) in [6.45, 7) is 3.12. The number of fused-ring (bicyclic) bond motifs is 4. The molecule has 4 aromatic heterocycles. The molecule has 1 amide bonds. The van der Waals surface area contributed by atoms with Crippen LogP contribution in [-0.4, -0.2) is 62.1 Å². The predicted octanol–water partition coefficient (Wildman–Crippen LogP) is 4.16. The summed E-state index contributed by atoms with van der Waals surface area (Å²) in [4.78, 5) is 33.6. The number of carbonyl (C=O) groups is 1. The maximum absolute atomic E-state index is 13.5. The fourth-order valence-electron chi connectivity index (χ4n) is 5.53. The van der Waals surface area contributed by atoms with Crippen LogP contribution in [0.1, 0.15) is 16.9 Å². The van der Waals surface area contributed by atoms with Crippen LogP contribution in [0.25, 0.3) is 21.1 Å². The lowest BCUT2D eigenvalue weighted by Gasteiger charge is -2.37. The molecule has 0 unspecified atom stereocenters. The maximum atomic E-state index is 13.5. The number of hydrogen-bond acceptors (Lipinski definition) is 8. The molecule has 1 fully saturated rings. The number of piperazine rings is 1. The second kappa shape index (κ2) is 9.11. The third kappa shape index (κ3) is 4.07. The third-order valence-electron chi connectivity index (χ3n) is 7.46. The first-order valence-corrected chi connectivity index (χ1v) is 13.4. The first kappa shape index (κ1) is 22.2. The van der Waals surface area contributed by atoms with Crippen LogP contribution in [0.3, 0.4) is 0 Å². The SMILES string of the molecule is O=C([C@H]1CCc2c(sc3ncnc(Nc4ccc5[nH]ncc5c4)c23)C1)N1CCN(c2ccccn2)CC1. The number of rotatable bonds is 4. The first-order valence-electron chi connectivity index (χ1n) is 12.6. The Morgan fingerprint density at radius 3 is 2.86 bits per heavy atom. The number of nitrogens with one attached hydrogen (secondary N) is 2. The minimum atomic E-state index is 0.0230. The van der Waals surface area contributed by atoms with Crippen LogP contribution in [0.5, 0.6) is 0 Å². The van der Waals surface area contributed by atoms with Gasteiger partial charge in [-0.1, -0.05) is 6.07 Å². The summed E-state index contributed by atoms with van der Waals surface area (Å²) < 4.78 is 0. The van der Waals surface area contributed by atoms with Crippen LogP contribution >= 0.6 is 11.3 Å².